The van der Waals surface area contributed by atoms with Crippen molar-refractivity contribution >= 4 is 23.5 Å². The Morgan fingerprint density at radius 2 is 1.93 bits per heavy atom. The SMILES string of the molecule is COc1cc([C@H]2CC(=O)Nc3nc(SC)[nH]c(=O)c32)ccc1OCc1ccccc1. The third-order valence-electron chi connectivity index (χ3n) is 4.95. The number of amides is 1. The number of rotatable bonds is 6. The van der Waals surface area contributed by atoms with Crippen molar-refractivity contribution in [2.75, 3.05) is 18.7 Å². The van der Waals surface area contributed by atoms with Gasteiger partial charge in [0.2, 0.25) is 5.91 Å². The van der Waals surface area contributed by atoms with E-state index in [1.165, 1.54) is 11.8 Å². The number of aromatic amines is 1. The number of benzene rings is 2. The first-order chi connectivity index (χ1) is 14.6. The molecule has 0 aliphatic carbocycles. The van der Waals surface area contributed by atoms with Crippen LogP contribution in [0, 0.1) is 0 Å². The number of ether oxygens (including phenoxy) is 2. The highest BCUT2D eigenvalue weighted by molar-refractivity contribution is 7.98. The Labute approximate surface area is 177 Å². The fraction of sp³-hybridized carbons (Fsp3) is 0.227. The predicted octanol–water partition coefficient (Wildman–Crippen LogP) is 3.55. The Balaban J connectivity index is 1.66. The summed E-state index contributed by atoms with van der Waals surface area (Å²) in [4.78, 5) is 32.1. The zero-order chi connectivity index (χ0) is 21.1. The molecule has 2 heterocycles. The number of carbonyl (C=O) groups excluding carboxylic acids is 1. The van der Waals surface area contributed by atoms with Gasteiger partial charge in [0.15, 0.2) is 16.7 Å². The van der Waals surface area contributed by atoms with Gasteiger partial charge in [0.25, 0.3) is 5.56 Å². The topological polar surface area (TPSA) is 93.3 Å². The number of anilines is 1. The zero-order valence-corrected chi connectivity index (χ0v) is 17.4. The third kappa shape index (κ3) is 4.04. The molecule has 1 atom stereocenters. The molecule has 7 nitrogen and oxygen atoms in total. The van der Waals surface area contributed by atoms with E-state index in [4.69, 9.17) is 9.47 Å². The van der Waals surface area contributed by atoms with Crippen molar-refractivity contribution in [1.82, 2.24) is 9.97 Å². The molecule has 2 aromatic carbocycles. The molecule has 0 saturated carbocycles. The van der Waals surface area contributed by atoms with E-state index in [-0.39, 0.29) is 17.9 Å². The number of hydrogen-bond donors (Lipinski definition) is 2. The van der Waals surface area contributed by atoms with Gasteiger partial charge in [0.05, 0.1) is 12.7 Å². The summed E-state index contributed by atoms with van der Waals surface area (Å²) in [6.07, 6.45) is 1.97. The maximum Gasteiger partial charge on any atom is 0.257 e. The van der Waals surface area contributed by atoms with Gasteiger partial charge in [0.1, 0.15) is 12.4 Å². The lowest BCUT2D eigenvalue weighted by atomic mass is 9.86. The summed E-state index contributed by atoms with van der Waals surface area (Å²) in [7, 11) is 1.56. The van der Waals surface area contributed by atoms with E-state index in [2.05, 4.69) is 15.3 Å². The summed E-state index contributed by atoms with van der Waals surface area (Å²) in [5, 5.41) is 3.17. The van der Waals surface area contributed by atoms with Crippen LogP contribution in [-0.4, -0.2) is 29.2 Å². The van der Waals surface area contributed by atoms with Crippen molar-refractivity contribution in [3.05, 3.63) is 75.6 Å². The number of H-pyrrole nitrogens is 1. The van der Waals surface area contributed by atoms with Crippen molar-refractivity contribution in [3.8, 4) is 11.5 Å². The molecule has 1 aliphatic rings. The van der Waals surface area contributed by atoms with E-state index in [1.807, 2.05) is 48.7 Å². The number of nitrogens with zero attached hydrogens (tertiary/aromatic N) is 1. The van der Waals surface area contributed by atoms with Gasteiger partial charge in [0, 0.05) is 12.3 Å². The van der Waals surface area contributed by atoms with E-state index in [9.17, 15) is 9.59 Å². The Morgan fingerprint density at radius 3 is 2.67 bits per heavy atom. The van der Waals surface area contributed by atoms with Gasteiger partial charge in [-0.1, -0.05) is 48.2 Å². The average Bonchev–Trinajstić information content (AvgIpc) is 2.77. The van der Waals surface area contributed by atoms with E-state index >= 15 is 0 Å². The van der Waals surface area contributed by atoms with Crippen LogP contribution in [0.15, 0.2) is 58.5 Å². The summed E-state index contributed by atoms with van der Waals surface area (Å²) in [6, 6.07) is 15.3. The number of nitrogens with one attached hydrogen (secondary N) is 2. The van der Waals surface area contributed by atoms with Crippen LogP contribution in [0.25, 0.3) is 0 Å². The van der Waals surface area contributed by atoms with Crippen molar-refractivity contribution in [3.63, 3.8) is 0 Å². The number of fused-ring (bicyclic) bond motifs is 1. The summed E-state index contributed by atoms with van der Waals surface area (Å²) >= 11 is 1.31. The molecule has 0 unspecified atom stereocenters. The molecule has 3 aromatic rings. The lowest BCUT2D eigenvalue weighted by molar-refractivity contribution is -0.116. The molecule has 30 heavy (non-hydrogen) atoms. The number of aromatic nitrogens is 2. The minimum Gasteiger partial charge on any atom is -0.493 e. The Morgan fingerprint density at radius 1 is 1.13 bits per heavy atom. The summed E-state index contributed by atoms with van der Waals surface area (Å²) in [6.45, 7) is 0.409. The van der Waals surface area contributed by atoms with Crippen LogP contribution in [0.5, 0.6) is 11.5 Å². The monoisotopic (exact) mass is 423 g/mol. The normalized spacial score (nSPS) is 15.3. The maximum absolute atomic E-state index is 12.7. The summed E-state index contributed by atoms with van der Waals surface area (Å²) in [5.41, 5.74) is 2.04. The highest BCUT2D eigenvalue weighted by atomic mass is 32.2. The minimum absolute atomic E-state index is 0.156. The Kier molecular flexibility index (Phi) is 5.76. The molecule has 1 aromatic heterocycles. The molecule has 154 valence electrons. The number of methoxy groups -OCH3 is 1. The van der Waals surface area contributed by atoms with Crippen LogP contribution in [0.2, 0.25) is 0 Å². The largest absolute Gasteiger partial charge is 0.493 e. The van der Waals surface area contributed by atoms with Crippen molar-refractivity contribution in [2.45, 2.75) is 24.1 Å². The van der Waals surface area contributed by atoms with Crippen molar-refractivity contribution < 1.29 is 14.3 Å². The number of carbonyl (C=O) groups is 1. The standard InChI is InChI=1S/C22H21N3O4S/c1-28-17-10-14(8-9-16(17)29-12-13-6-4-3-5-7-13)15-11-18(26)23-20-19(15)21(27)25-22(24-20)30-2/h3-10,15H,11-12H2,1-2H3,(H2,23,24,25,26,27)/t15-/m1/s1. The van der Waals surface area contributed by atoms with Gasteiger partial charge in [-0.2, -0.15) is 0 Å². The molecule has 1 aliphatic heterocycles. The highest BCUT2D eigenvalue weighted by Crippen LogP contribution is 2.38. The molecule has 1 amide bonds. The van der Waals surface area contributed by atoms with Crippen LogP contribution >= 0.6 is 11.8 Å². The van der Waals surface area contributed by atoms with Gasteiger partial charge < -0.3 is 19.8 Å². The fourth-order valence-corrected chi connectivity index (χ4v) is 3.86. The van der Waals surface area contributed by atoms with E-state index in [0.29, 0.717) is 34.6 Å². The molecule has 0 spiro atoms. The number of hydrogen-bond acceptors (Lipinski definition) is 6. The first kappa shape index (κ1) is 20.0. The zero-order valence-electron chi connectivity index (χ0n) is 16.6. The molecule has 8 heteroatoms. The van der Waals surface area contributed by atoms with Crippen LogP contribution in [-0.2, 0) is 11.4 Å². The Hall–Kier alpha value is -3.26. The van der Waals surface area contributed by atoms with Gasteiger partial charge >= 0.3 is 0 Å². The van der Waals surface area contributed by atoms with Crippen molar-refractivity contribution in [1.29, 1.82) is 0 Å². The second kappa shape index (κ2) is 8.62. The minimum atomic E-state index is -0.419. The first-order valence-corrected chi connectivity index (χ1v) is 10.6. The predicted molar refractivity (Wildman–Crippen MR) is 115 cm³/mol. The van der Waals surface area contributed by atoms with Gasteiger partial charge in [-0.15, -0.1) is 0 Å². The van der Waals surface area contributed by atoms with E-state index in [1.54, 1.807) is 13.2 Å². The van der Waals surface area contributed by atoms with E-state index in [0.717, 1.165) is 11.1 Å². The lowest BCUT2D eigenvalue weighted by Crippen LogP contribution is -2.31. The van der Waals surface area contributed by atoms with Crippen molar-refractivity contribution in [2.24, 2.45) is 0 Å². The van der Waals surface area contributed by atoms with Gasteiger partial charge in [-0.3, -0.25) is 9.59 Å². The third-order valence-corrected chi connectivity index (χ3v) is 5.53. The van der Waals surface area contributed by atoms with E-state index < -0.39 is 5.92 Å². The van der Waals surface area contributed by atoms with Crippen LogP contribution in [0.3, 0.4) is 0 Å². The smallest absolute Gasteiger partial charge is 0.257 e. The molecule has 0 radical (unpaired) electrons. The fourth-order valence-electron chi connectivity index (χ4n) is 3.49. The van der Waals surface area contributed by atoms with Crippen LogP contribution in [0.1, 0.15) is 29.0 Å². The molecule has 0 fully saturated rings. The summed E-state index contributed by atoms with van der Waals surface area (Å²) in [5.74, 6) is 0.850. The number of thioether (sulfide) groups is 1. The molecular weight excluding hydrogens is 402 g/mol. The Bertz CT molecular complexity index is 1130. The van der Waals surface area contributed by atoms with Crippen LogP contribution in [0.4, 0.5) is 5.82 Å². The van der Waals surface area contributed by atoms with Gasteiger partial charge in [-0.05, 0) is 29.5 Å². The van der Waals surface area contributed by atoms with Crippen LogP contribution < -0.4 is 20.3 Å². The first-order valence-electron chi connectivity index (χ1n) is 9.41. The maximum atomic E-state index is 12.7. The van der Waals surface area contributed by atoms with Gasteiger partial charge in [-0.25, -0.2) is 4.98 Å². The molecule has 0 bridgehead atoms. The molecular formula is C22H21N3O4S. The quantitative estimate of drug-likeness (QED) is 0.465. The average molecular weight is 423 g/mol. The summed E-state index contributed by atoms with van der Waals surface area (Å²) < 4.78 is 11.4. The second-order valence-corrected chi connectivity index (χ2v) is 7.62. The lowest BCUT2D eigenvalue weighted by Gasteiger charge is -2.25. The molecule has 4 rings (SSSR count). The highest BCUT2D eigenvalue weighted by Gasteiger charge is 2.31. The molecule has 2 N–H and O–H groups in total. The second-order valence-electron chi connectivity index (χ2n) is 6.83. The molecule has 0 saturated heterocycles.